The minimum Gasteiger partial charge on any atom is -0.423 e. The summed E-state index contributed by atoms with van der Waals surface area (Å²) < 4.78 is 6.77. The number of aromatic nitrogens is 4. The van der Waals surface area contributed by atoms with Crippen LogP contribution in [0.25, 0.3) is 11.2 Å². The monoisotopic (exact) mass is 430 g/mol. The number of aliphatic hydroxyl groups excluding tert-OH is 1. The summed E-state index contributed by atoms with van der Waals surface area (Å²) in [6, 6.07) is 5.59. The smallest absolute Gasteiger partial charge is 0.423 e. The minimum atomic E-state index is -0.851. The quantitative estimate of drug-likeness (QED) is 0.329. The predicted octanol–water partition coefficient (Wildman–Crippen LogP) is -0.0566. The molecule has 1 fully saturated rings. The fourth-order valence-corrected chi connectivity index (χ4v) is 3.78. The molecule has 3 aromatic rings. The van der Waals surface area contributed by atoms with Gasteiger partial charge in [0.1, 0.15) is 18.5 Å². The molecule has 0 radical (unpaired) electrons. The number of anilines is 1. The van der Waals surface area contributed by atoms with Gasteiger partial charge in [0.05, 0.1) is 12.7 Å². The van der Waals surface area contributed by atoms with Gasteiger partial charge in [0.15, 0.2) is 11.5 Å². The van der Waals surface area contributed by atoms with Crippen molar-refractivity contribution in [2.75, 3.05) is 12.0 Å². The summed E-state index contributed by atoms with van der Waals surface area (Å²) >= 11 is 0. The van der Waals surface area contributed by atoms with E-state index in [0.29, 0.717) is 36.4 Å². The van der Waals surface area contributed by atoms with Gasteiger partial charge >= 0.3 is 12.8 Å². The predicted molar refractivity (Wildman–Crippen MR) is 115 cm³/mol. The van der Waals surface area contributed by atoms with Gasteiger partial charge in [0.2, 0.25) is 0 Å². The van der Waals surface area contributed by atoms with Crippen LogP contribution in [0.15, 0.2) is 34.3 Å². The summed E-state index contributed by atoms with van der Waals surface area (Å²) in [6.45, 7) is 0.648. The molecule has 1 aliphatic heterocycles. The molecule has 1 aromatic carbocycles. The Balaban J connectivity index is 0.00000218. The van der Waals surface area contributed by atoms with Gasteiger partial charge in [0.25, 0.3) is 0 Å². The molecule has 0 atom stereocenters. The third-order valence-electron chi connectivity index (χ3n) is 5.37. The molecule has 0 amide bonds. The van der Waals surface area contributed by atoms with Crippen molar-refractivity contribution in [1.82, 2.24) is 19.5 Å². The highest BCUT2D eigenvalue weighted by atomic mass is 35.5. The van der Waals surface area contributed by atoms with Crippen LogP contribution in [0, 0.1) is 0 Å². The Bertz CT molecular complexity index is 1160. The number of imidazole rings is 1. The molecule has 30 heavy (non-hydrogen) atoms. The van der Waals surface area contributed by atoms with E-state index >= 15 is 0 Å². The number of fused-ring (bicyclic) bond motifs is 2. The molecule has 0 spiro atoms. The highest BCUT2D eigenvalue weighted by molar-refractivity contribution is 6.61. The van der Waals surface area contributed by atoms with Crippen molar-refractivity contribution in [2.24, 2.45) is 4.99 Å². The second-order valence-corrected chi connectivity index (χ2v) is 7.27. The second kappa shape index (κ2) is 8.19. The average Bonchev–Trinajstić information content (AvgIpc) is 3.22. The lowest BCUT2D eigenvalue weighted by Crippen LogP contribution is -2.35. The lowest BCUT2D eigenvalue weighted by molar-refractivity contribution is 0.0487. The Kier molecular flexibility index (Phi) is 5.61. The minimum absolute atomic E-state index is 0. The van der Waals surface area contributed by atoms with Crippen molar-refractivity contribution in [3.05, 3.63) is 46.1 Å². The molecule has 0 bridgehead atoms. The maximum atomic E-state index is 12.3. The molecule has 5 rings (SSSR count). The summed E-state index contributed by atoms with van der Waals surface area (Å²) in [4.78, 5) is 27.9. The van der Waals surface area contributed by atoms with E-state index in [1.165, 1.54) is 6.33 Å². The number of halogens is 1. The molecule has 2 aromatic heterocycles. The van der Waals surface area contributed by atoms with Crippen LogP contribution in [0.4, 0.5) is 5.82 Å². The number of nitrogens with one attached hydrogen (secondary N) is 2. The molecule has 2 aliphatic rings. The van der Waals surface area contributed by atoms with E-state index in [9.17, 15) is 14.9 Å². The Hall–Kier alpha value is -2.73. The highest BCUT2D eigenvalue weighted by Crippen LogP contribution is 2.33. The number of aromatic amines is 1. The first-order valence-corrected chi connectivity index (χ1v) is 9.39. The molecule has 3 heterocycles. The van der Waals surface area contributed by atoms with Crippen LogP contribution in [0.5, 0.6) is 0 Å². The molecule has 1 aliphatic carbocycles. The third kappa shape index (κ3) is 3.61. The Labute approximate surface area is 177 Å². The summed E-state index contributed by atoms with van der Waals surface area (Å²) in [5.74, 6) is 0.494. The highest BCUT2D eigenvalue weighted by Gasteiger charge is 2.32. The van der Waals surface area contributed by atoms with Crippen LogP contribution in [-0.4, -0.2) is 55.8 Å². The van der Waals surface area contributed by atoms with Crippen LogP contribution < -0.4 is 16.5 Å². The van der Waals surface area contributed by atoms with E-state index in [4.69, 9.17) is 4.65 Å². The molecule has 0 unspecified atom stereocenters. The van der Waals surface area contributed by atoms with Gasteiger partial charge in [-0.2, -0.15) is 0 Å². The van der Waals surface area contributed by atoms with Crippen LogP contribution in [0.1, 0.15) is 30.0 Å². The molecule has 10 nitrogen and oxygen atoms in total. The van der Waals surface area contributed by atoms with Crippen molar-refractivity contribution >= 4 is 48.2 Å². The fourth-order valence-electron chi connectivity index (χ4n) is 3.78. The first kappa shape index (κ1) is 20.5. The number of hydrogen-bond acceptors (Lipinski definition) is 8. The van der Waals surface area contributed by atoms with E-state index in [0.717, 1.165) is 16.6 Å². The van der Waals surface area contributed by atoms with Gasteiger partial charge in [-0.3, -0.25) is 9.56 Å². The lowest BCUT2D eigenvalue weighted by Gasteiger charge is -2.31. The second-order valence-electron chi connectivity index (χ2n) is 7.27. The van der Waals surface area contributed by atoms with E-state index in [1.54, 1.807) is 10.8 Å². The van der Waals surface area contributed by atoms with Crippen LogP contribution in [0.3, 0.4) is 0 Å². The van der Waals surface area contributed by atoms with Crippen molar-refractivity contribution in [3.8, 4) is 0 Å². The van der Waals surface area contributed by atoms with Gasteiger partial charge < -0.3 is 25.1 Å². The van der Waals surface area contributed by atoms with E-state index in [-0.39, 0.29) is 36.9 Å². The summed E-state index contributed by atoms with van der Waals surface area (Å²) in [5.41, 5.74) is 3.43. The Morgan fingerprint density at radius 1 is 1.40 bits per heavy atom. The van der Waals surface area contributed by atoms with Gasteiger partial charge in [0, 0.05) is 12.3 Å². The van der Waals surface area contributed by atoms with Gasteiger partial charge in [-0.15, -0.1) is 12.4 Å². The number of hydrogen-bond donors (Lipinski definition) is 4. The summed E-state index contributed by atoms with van der Waals surface area (Å²) in [6.07, 6.45) is 3.86. The van der Waals surface area contributed by atoms with Crippen molar-refractivity contribution in [3.63, 3.8) is 0 Å². The summed E-state index contributed by atoms with van der Waals surface area (Å²) in [7, 11) is -0.851. The number of benzene rings is 1. The molecule has 1 saturated carbocycles. The molecule has 4 N–H and O–H groups in total. The fraction of sp³-hybridized carbons (Fsp3) is 0.333. The number of H-pyrrole nitrogens is 1. The molecule has 12 heteroatoms. The normalized spacial score (nSPS) is 20.3. The van der Waals surface area contributed by atoms with Gasteiger partial charge in [-0.1, -0.05) is 12.1 Å². The van der Waals surface area contributed by atoms with Crippen molar-refractivity contribution < 1.29 is 14.8 Å². The van der Waals surface area contributed by atoms with Crippen molar-refractivity contribution in [2.45, 2.75) is 31.6 Å². The van der Waals surface area contributed by atoms with Gasteiger partial charge in [-0.25, -0.2) is 14.8 Å². The zero-order valence-corrected chi connectivity index (χ0v) is 16.7. The molecule has 156 valence electrons. The number of nitrogens with zero attached hydrogens (tertiary/aromatic N) is 4. The zero-order valence-electron chi connectivity index (χ0n) is 15.9. The zero-order chi connectivity index (χ0) is 20.0. The van der Waals surface area contributed by atoms with Crippen molar-refractivity contribution in [1.29, 1.82) is 0 Å². The lowest BCUT2D eigenvalue weighted by atomic mass is 9.79. The average molecular weight is 431 g/mol. The first-order chi connectivity index (χ1) is 14.1. The number of aliphatic hydroxyl groups is 1. The maximum Gasteiger partial charge on any atom is 0.491 e. The van der Waals surface area contributed by atoms with Crippen LogP contribution in [-0.2, 0) is 11.3 Å². The summed E-state index contributed by atoms with van der Waals surface area (Å²) in [5, 5.41) is 22.3. The van der Waals surface area contributed by atoms with Gasteiger partial charge in [-0.05, 0) is 35.5 Å². The molecular weight excluding hydrogens is 411 g/mol. The van der Waals surface area contributed by atoms with Crippen LogP contribution >= 0.6 is 12.4 Å². The molecule has 0 saturated heterocycles. The Morgan fingerprint density at radius 3 is 3.03 bits per heavy atom. The Morgan fingerprint density at radius 2 is 2.23 bits per heavy atom. The molecular formula is C18H20BClN6O4. The topological polar surface area (TPSA) is 138 Å². The van der Waals surface area contributed by atoms with E-state index in [1.807, 2.05) is 18.2 Å². The number of rotatable bonds is 5. The van der Waals surface area contributed by atoms with Crippen LogP contribution in [0.2, 0.25) is 0 Å². The largest absolute Gasteiger partial charge is 0.491 e. The maximum absolute atomic E-state index is 12.3. The number of aliphatic imine (C=N–C) groups is 1. The third-order valence-corrected chi connectivity index (χ3v) is 5.37. The first-order valence-electron chi connectivity index (χ1n) is 9.39. The van der Waals surface area contributed by atoms with E-state index < -0.39 is 7.12 Å². The standard InChI is InChI=1S/C18H19BN6O4.ClH/c26-13-4-12(5-13)25-17-15(24-18(25)27)16(22-9-23-17)21-8-20-6-10-1-2-14-11(3-10)7-29-19(14)28;/h1-3,6,9,12-13,26,28H,4-5,7-8H2,(H,24,27)(H,21,22,23);1H/b20-6+;. The van der Waals surface area contributed by atoms with E-state index in [2.05, 4.69) is 25.3 Å². The SMILES string of the molecule is Cl.O=c1[nH]c2c(NC/N=C/c3ccc4c(c3)COB4O)ncnc2n1C1CC(O)C1.